The Hall–Kier alpha value is -0.940. The molecular formula is C12H14F2O2S. The van der Waals surface area contributed by atoms with Gasteiger partial charge in [0.05, 0.1) is 11.3 Å². The van der Waals surface area contributed by atoms with Crippen molar-refractivity contribution in [2.45, 2.75) is 18.6 Å². The monoisotopic (exact) mass is 260 g/mol. The van der Waals surface area contributed by atoms with Gasteiger partial charge in [0, 0.05) is 11.9 Å². The second-order valence-electron chi connectivity index (χ2n) is 3.68. The van der Waals surface area contributed by atoms with E-state index in [1.807, 2.05) is 6.92 Å². The second-order valence-corrected chi connectivity index (χ2v) is 5.11. The van der Waals surface area contributed by atoms with Crippen molar-refractivity contribution >= 4 is 17.5 Å². The zero-order chi connectivity index (χ0) is 12.8. The fourth-order valence-electron chi connectivity index (χ4n) is 1.27. The van der Waals surface area contributed by atoms with Crippen molar-refractivity contribution in [3.63, 3.8) is 0 Å². The van der Waals surface area contributed by atoms with Crippen LogP contribution in [0.1, 0.15) is 23.7 Å². The summed E-state index contributed by atoms with van der Waals surface area (Å²) in [5.41, 5.74) is -0.214. The Morgan fingerprint density at radius 1 is 1.47 bits per heavy atom. The molecule has 0 aliphatic rings. The number of rotatable bonds is 6. The Balaban J connectivity index is 2.61. The smallest absolute Gasteiger partial charge is 0.175 e. The number of ketones is 1. The largest absolute Gasteiger partial charge is 0.396 e. The molecule has 1 atom stereocenters. The van der Waals surface area contributed by atoms with Crippen LogP contribution in [0.15, 0.2) is 18.2 Å². The number of carbonyl (C=O) groups is 1. The molecular weight excluding hydrogens is 246 g/mol. The van der Waals surface area contributed by atoms with Crippen molar-refractivity contribution in [3.05, 3.63) is 35.4 Å². The summed E-state index contributed by atoms with van der Waals surface area (Å²) in [6.07, 6.45) is 0.573. The predicted molar refractivity (Wildman–Crippen MR) is 64.3 cm³/mol. The number of hydrogen-bond acceptors (Lipinski definition) is 3. The first-order valence-corrected chi connectivity index (χ1v) is 6.30. The molecule has 0 radical (unpaired) electrons. The standard InChI is InChI=1S/C12H14F2O2S/c1-8(4-5-15)17-7-12(16)10-6-9(13)2-3-11(10)14/h2-3,6,8,15H,4-5,7H2,1H3. The lowest BCUT2D eigenvalue weighted by Crippen LogP contribution is -2.09. The van der Waals surface area contributed by atoms with E-state index in [1.54, 1.807) is 0 Å². The first kappa shape index (κ1) is 14.1. The highest BCUT2D eigenvalue weighted by molar-refractivity contribution is 8.00. The van der Waals surface area contributed by atoms with Crippen molar-refractivity contribution in [1.29, 1.82) is 0 Å². The van der Waals surface area contributed by atoms with E-state index < -0.39 is 17.4 Å². The molecule has 1 aromatic rings. The maximum absolute atomic E-state index is 13.3. The average Bonchev–Trinajstić information content (AvgIpc) is 2.29. The number of aliphatic hydroxyl groups is 1. The first-order valence-electron chi connectivity index (χ1n) is 5.25. The molecule has 1 rings (SSSR count). The number of aliphatic hydroxyl groups excluding tert-OH is 1. The van der Waals surface area contributed by atoms with Gasteiger partial charge in [-0.15, -0.1) is 0 Å². The van der Waals surface area contributed by atoms with E-state index in [2.05, 4.69) is 0 Å². The SMILES string of the molecule is CC(CCO)SCC(=O)c1cc(F)ccc1F. The van der Waals surface area contributed by atoms with Gasteiger partial charge >= 0.3 is 0 Å². The van der Waals surface area contributed by atoms with Gasteiger partial charge in [0.15, 0.2) is 5.78 Å². The molecule has 94 valence electrons. The van der Waals surface area contributed by atoms with E-state index in [-0.39, 0.29) is 23.2 Å². The van der Waals surface area contributed by atoms with Crippen LogP contribution in [0.25, 0.3) is 0 Å². The van der Waals surface area contributed by atoms with Crippen molar-refractivity contribution in [1.82, 2.24) is 0 Å². The highest BCUT2D eigenvalue weighted by atomic mass is 32.2. The molecule has 0 fully saturated rings. The normalized spacial score (nSPS) is 12.5. The second kappa shape index (κ2) is 6.71. The van der Waals surface area contributed by atoms with Crippen LogP contribution in [0.3, 0.4) is 0 Å². The Labute approximate surface area is 103 Å². The van der Waals surface area contributed by atoms with Gasteiger partial charge in [-0.3, -0.25) is 4.79 Å². The quantitative estimate of drug-likeness (QED) is 0.799. The molecule has 2 nitrogen and oxygen atoms in total. The number of carbonyl (C=O) groups excluding carboxylic acids is 1. The summed E-state index contributed by atoms with van der Waals surface area (Å²) in [6.45, 7) is 1.92. The summed E-state index contributed by atoms with van der Waals surface area (Å²) >= 11 is 1.32. The van der Waals surface area contributed by atoms with Gasteiger partial charge in [-0.2, -0.15) is 11.8 Å². The van der Waals surface area contributed by atoms with Gasteiger partial charge in [0.1, 0.15) is 11.6 Å². The molecule has 0 aliphatic heterocycles. The summed E-state index contributed by atoms with van der Waals surface area (Å²) < 4.78 is 26.1. The van der Waals surface area contributed by atoms with Crippen LogP contribution >= 0.6 is 11.8 Å². The minimum atomic E-state index is -0.702. The predicted octanol–water partition coefficient (Wildman–Crippen LogP) is 2.65. The molecule has 5 heteroatoms. The van der Waals surface area contributed by atoms with Crippen LogP contribution in [-0.2, 0) is 0 Å². The zero-order valence-electron chi connectivity index (χ0n) is 9.45. The summed E-state index contributed by atoms with van der Waals surface area (Å²) in [5, 5.41) is 8.80. The first-order chi connectivity index (χ1) is 8.04. The zero-order valence-corrected chi connectivity index (χ0v) is 10.3. The van der Waals surface area contributed by atoms with Crippen molar-refractivity contribution < 1.29 is 18.7 Å². The third kappa shape index (κ3) is 4.44. The van der Waals surface area contributed by atoms with Gasteiger partial charge in [-0.25, -0.2) is 8.78 Å². The van der Waals surface area contributed by atoms with Crippen LogP contribution in [0.2, 0.25) is 0 Å². The molecule has 0 spiro atoms. The Morgan fingerprint density at radius 2 is 2.18 bits per heavy atom. The molecule has 0 heterocycles. The molecule has 1 unspecified atom stereocenters. The Morgan fingerprint density at radius 3 is 2.82 bits per heavy atom. The third-order valence-electron chi connectivity index (χ3n) is 2.26. The lowest BCUT2D eigenvalue weighted by molar-refractivity contribution is 0.101. The van der Waals surface area contributed by atoms with Gasteiger partial charge in [0.2, 0.25) is 0 Å². The maximum Gasteiger partial charge on any atom is 0.175 e. The van der Waals surface area contributed by atoms with Crippen LogP contribution in [-0.4, -0.2) is 28.5 Å². The Bertz CT molecular complexity index is 396. The van der Waals surface area contributed by atoms with Crippen molar-refractivity contribution in [2.75, 3.05) is 12.4 Å². The molecule has 0 aliphatic carbocycles. The number of hydrogen-bond donors (Lipinski definition) is 1. The molecule has 17 heavy (non-hydrogen) atoms. The van der Waals surface area contributed by atoms with Gasteiger partial charge < -0.3 is 5.11 Å². The molecule has 0 saturated heterocycles. The van der Waals surface area contributed by atoms with E-state index >= 15 is 0 Å². The van der Waals surface area contributed by atoms with E-state index in [4.69, 9.17) is 5.11 Å². The summed E-state index contributed by atoms with van der Waals surface area (Å²) in [6, 6.07) is 2.84. The van der Waals surface area contributed by atoms with Crippen molar-refractivity contribution in [2.24, 2.45) is 0 Å². The molecule has 0 aromatic heterocycles. The molecule has 0 amide bonds. The minimum absolute atomic E-state index is 0.0523. The fourth-order valence-corrected chi connectivity index (χ4v) is 2.14. The van der Waals surface area contributed by atoms with Crippen LogP contribution < -0.4 is 0 Å². The highest BCUT2D eigenvalue weighted by Gasteiger charge is 2.14. The Kier molecular flexibility index (Phi) is 5.58. The highest BCUT2D eigenvalue weighted by Crippen LogP contribution is 2.17. The summed E-state index contributed by atoms with van der Waals surface area (Å²) in [7, 11) is 0. The number of thioether (sulfide) groups is 1. The molecule has 1 N–H and O–H groups in total. The van der Waals surface area contributed by atoms with E-state index in [9.17, 15) is 13.6 Å². The van der Waals surface area contributed by atoms with Crippen molar-refractivity contribution in [3.8, 4) is 0 Å². The molecule has 1 aromatic carbocycles. The molecule has 0 saturated carbocycles. The van der Waals surface area contributed by atoms with E-state index in [0.29, 0.717) is 6.42 Å². The lowest BCUT2D eigenvalue weighted by Gasteiger charge is -2.08. The number of benzene rings is 1. The van der Waals surface area contributed by atoms with Crippen LogP contribution in [0.5, 0.6) is 0 Å². The molecule has 0 bridgehead atoms. The fraction of sp³-hybridized carbons (Fsp3) is 0.417. The minimum Gasteiger partial charge on any atom is -0.396 e. The van der Waals surface area contributed by atoms with E-state index in [1.165, 1.54) is 11.8 Å². The average molecular weight is 260 g/mol. The van der Waals surface area contributed by atoms with E-state index in [0.717, 1.165) is 18.2 Å². The van der Waals surface area contributed by atoms with Crippen LogP contribution in [0, 0.1) is 11.6 Å². The van der Waals surface area contributed by atoms with Crippen LogP contribution in [0.4, 0.5) is 8.78 Å². The topological polar surface area (TPSA) is 37.3 Å². The van der Waals surface area contributed by atoms with Gasteiger partial charge in [0.25, 0.3) is 0 Å². The number of halogens is 2. The van der Waals surface area contributed by atoms with Gasteiger partial charge in [-0.05, 0) is 24.6 Å². The lowest BCUT2D eigenvalue weighted by atomic mass is 10.1. The summed E-state index contributed by atoms with van der Waals surface area (Å²) in [4.78, 5) is 11.6. The summed E-state index contributed by atoms with van der Waals surface area (Å²) in [5.74, 6) is -1.67. The maximum atomic E-state index is 13.3. The third-order valence-corrected chi connectivity index (χ3v) is 3.50. The number of Topliss-reactive ketones (excluding diaryl/α,β-unsaturated/α-hetero) is 1. The van der Waals surface area contributed by atoms with Gasteiger partial charge in [-0.1, -0.05) is 6.92 Å².